The maximum atomic E-state index is 13.7. The second-order valence-corrected chi connectivity index (χ2v) is 11.5. The molecule has 4 N–H and O–H groups in total. The number of aliphatic hydroxyl groups excluding tert-OH is 1. The van der Waals surface area contributed by atoms with Crippen molar-refractivity contribution in [1.82, 2.24) is 0 Å². The molecule has 0 aromatic heterocycles. The smallest absolute Gasteiger partial charge is 0.160 e. The van der Waals surface area contributed by atoms with Crippen molar-refractivity contribution in [3.63, 3.8) is 0 Å². The minimum Gasteiger partial charge on any atom is -0.504 e. The molecule has 4 atom stereocenters. The van der Waals surface area contributed by atoms with E-state index < -0.39 is 11.5 Å². The molecule has 0 unspecified atom stereocenters. The largest absolute Gasteiger partial charge is 0.504 e. The van der Waals surface area contributed by atoms with Crippen LogP contribution in [0.25, 0.3) is 0 Å². The minimum absolute atomic E-state index is 0.0158. The van der Waals surface area contributed by atoms with Gasteiger partial charge in [0.1, 0.15) is 5.78 Å². The molecule has 0 spiro atoms. The third-order valence-corrected chi connectivity index (χ3v) is 9.13. The topological polar surface area (TPSA) is 107 Å². The van der Waals surface area contributed by atoms with Gasteiger partial charge in [0.25, 0.3) is 0 Å². The highest BCUT2D eigenvalue weighted by Gasteiger charge is 2.46. The molecular weight excluding hydrogens is 516 g/mol. The standard InChI is InChI=1S/C35H38O6/c1-41-34-19-25(12-14-31(34)38)28-21-27(36)22-32(39)29(11-7-10-24(28)18-23-8-3-2-4-9-23)35(16-5-6-17-35)26-13-15-30(37)33(40)20-26/h2-4,8-9,12-15,19-20,24,28-29,32,37-40H,5-6,11,16-18,21-22H2,1H3/t24-,28+,29+,32-/m0/s1. The first-order valence-corrected chi connectivity index (χ1v) is 14.4. The quantitative estimate of drug-likeness (QED) is 0.220. The predicted octanol–water partition coefficient (Wildman–Crippen LogP) is 6.00. The van der Waals surface area contributed by atoms with E-state index in [0.717, 1.165) is 42.4 Å². The zero-order chi connectivity index (χ0) is 29.0. The van der Waals surface area contributed by atoms with Gasteiger partial charge in [-0.2, -0.15) is 0 Å². The average molecular weight is 555 g/mol. The van der Waals surface area contributed by atoms with Crippen molar-refractivity contribution < 1.29 is 30.0 Å². The van der Waals surface area contributed by atoms with Gasteiger partial charge < -0.3 is 25.2 Å². The van der Waals surface area contributed by atoms with Crippen LogP contribution in [0.2, 0.25) is 0 Å². The molecule has 0 saturated heterocycles. The Morgan fingerprint density at radius 1 is 0.902 bits per heavy atom. The van der Waals surface area contributed by atoms with Crippen LogP contribution in [0.1, 0.15) is 67.6 Å². The molecule has 1 fully saturated rings. The van der Waals surface area contributed by atoms with Gasteiger partial charge in [-0.1, -0.05) is 61.2 Å². The number of aromatic hydroxyl groups is 3. The number of methoxy groups -OCH3 is 1. The highest BCUT2D eigenvalue weighted by atomic mass is 16.5. The van der Waals surface area contributed by atoms with Crippen molar-refractivity contribution in [3.8, 4) is 34.8 Å². The summed E-state index contributed by atoms with van der Waals surface area (Å²) < 4.78 is 5.37. The number of hydrogen-bond acceptors (Lipinski definition) is 6. The van der Waals surface area contributed by atoms with Gasteiger partial charge in [-0.25, -0.2) is 0 Å². The number of phenolic OH excluding ortho intramolecular Hbond substituents is 3. The first-order chi connectivity index (χ1) is 19.8. The molecule has 6 nitrogen and oxygen atoms in total. The van der Waals surface area contributed by atoms with Crippen LogP contribution in [0.4, 0.5) is 0 Å². The van der Waals surface area contributed by atoms with E-state index in [1.807, 2.05) is 30.3 Å². The molecule has 41 heavy (non-hydrogen) atoms. The number of phenols is 3. The first-order valence-electron chi connectivity index (χ1n) is 14.4. The van der Waals surface area contributed by atoms with E-state index in [1.54, 1.807) is 18.2 Å². The predicted molar refractivity (Wildman–Crippen MR) is 157 cm³/mol. The summed E-state index contributed by atoms with van der Waals surface area (Å²) in [4.78, 5) is 13.7. The lowest BCUT2D eigenvalue weighted by Gasteiger charge is -2.40. The lowest BCUT2D eigenvalue weighted by Crippen LogP contribution is -2.41. The number of carbonyl (C=O) groups excluding carboxylic acids is 1. The fourth-order valence-corrected chi connectivity index (χ4v) is 7.00. The fraction of sp³-hybridized carbons (Fsp3) is 0.400. The van der Waals surface area contributed by atoms with Gasteiger partial charge in [0, 0.05) is 42.4 Å². The molecule has 0 amide bonds. The summed E-state index contributed by atoms with van der Waals surface area (Å²) in [6, 6.07) is 20.2. The Hall–Kier alpha value is -3.95. The summed E-state index contributed by atoms with van der Waals surface area (Å²) in [5.74, 6) is 6.22. The zero-order valence-electron chi connectivity index (χ0n) is 23.4. The number of carbonyl (C=O) groups is 1. The summed E-state index contributed by atoms with van der Waals surface area (Å²) in [6.07, 6.45) is 3.98. The third kappa shape index (κ3) is 6.06. The number of benzene rings is 3. The SMILES string of the molecule is COc1cc([C@@H]2CC(=O)C[C@H](O)[C@H](C3(c4ccc(O)c(O)c4)CCCC3)CC#C[C@H]2Cc2ccccc2)ccc1O. The van der Waals surface area contributed by atoms with Crippen LogP contribution >= 0.6 is 0 Å². The average Bonchev–Trinajstić information content (AvgIpc) is 3.46. The molecule has 0 aliphatic heterocycles. The van der Waals surface area contributed by atoms with Crippen LogP contribution in [-0.4, -0.2) is 39.4 Å². The Morgan fingerprint density at radius 2 is 1.63 bits per heavy atom. The summed E-state index contributed by atoms with van der Waals surface area (Å²) in [5.41, 5.74) is 2.41. The van der Waals surface area contributed by atoms with Crippen molar-refractivity contribution in [2.75, 3.05) is 7.11 Å². The number of ether oxygens (including phenoxy) is 1. The number of aliphatic hydroxyl groups is 1. The number of hydrogen-bond donors (Lipinski definition) is 4. The Labute approximate surface area is 241 Å². The molecule has 3 aromatic rings. The molecule has 2 aliphatic rings. The number of rotatable bonds is 6. The van der Waals surface area contributed by atoms with E-state index in [4.69, 9.17) is 4.74 Å². The Morgan fingerprint density at radius 3 is 2.34 bits per heavy atom. The van der Waals surface area contributed by atoms with Gasteiger partial charge in [-0.15, -0.1) is 5.92 Å². The van der Waals surface area contributed by atoms with Crippen LogP contribution in [-0.2, 0) is 16.6 Å². The lowest BCUT2D eigenvalue weighted by atomic mass is 9.64. The second-order valence-electron chi connectivity index (χ2n) is 11.5. The van der Waals surface area contributed by atoms with Gasteiger partial charge >= 0.3 is 0 Å². The summed E-state index contributed by atoms with van der Waals surface area (Å²) in [5, 5.41) is 42.1. The molecule has 1 saturated carbocycles. The molecule has 0 bridgehead atoms. The van der Waals surface area contributed by atoms with E-state index in [9.17, 15) is 25.2 Å². The minimum atomic E-state index is -0.897. The van der Waals surface area contributed by atoms with E-state index in [1.165, 1.54) is 13.2 Å². The Bertz CT molecular complexity index is 1430. The molecule has 0 heterocycles. The normalized spacial score (nSPS) is 24.3. The van der Waals surface area contributed by atoms with Crippen LogP contribution in [0.3, 0.4) is 0 Å². The van der Waals surface area contributed by atoms with Crippen molar-refractivity contribution >= 4 is 5.78 Å². The van der Waals surface area contributed by atoms with Crippen molar-refractivity contribution in [2.24, 2.45) is 11.8 Å². The lowest BCUT2D eigenvalue weighted by molar-refractivity contribution is -0.122. The van der Waals surface area contributed by atoms with Crippen molar-refractivity contribution in [2.45, 2.75) is 68.8 Å². The molecule has 6 heteroatoms. The summed E-state index contributed by atoms with van der Waals surface area (Å²) >= 11 is 0. The highest BCUT2D eigenvalue weighted by Crippen LogP contribution is 2.51. The molecule has 5 rings (SSSR count). The maximum absolute atomic E-state index is 13.7. The highest BCUT2D eigenvalue weighted by molar-refractivity contribution is 5.80. The molecule has 214 valence electrons. The van der Waals surface area contributed by atoms with Gasteiger partial charge in [-0.3, -0.25) is 4.79 Å². The van der Waals surface area contributed by atoms with E-state index in [-0.39, 0.29) is 53.6 Å². The van der Waals surface area contributed by atoms with Crippen molar-refractivity contribution in [1.29, 1.82) is 0 Å². The van der Waals surface area contributed by atoms with Gasteiger partial charge in [-0.05, 0) is 60.2 Å². The Kier molecular flexibility index (Phi) is 8.56. The van der Waals surface area contributed by atoms with E-state index in [2.05, 4.69) is 24.0 Å². The van der Waals surface area contributed by atoms with Crippen LogP contribution in [0.5, 0.6) is 23.0 Å². The summed E-state index contributed by atoms with van der Waals surface area (Å²) in [6.45, 7) is 0. The monoisotopic (exact) mass is 554 g/mol. The van der Waals surface area contributed by atoms with Gasteiger partial charge in [0.2, 0.25) is 0 Å². The molecule has 0 radical (unpaired) electrons. The van der Waals surface area contributed by atoms with Crippen LogP contribution in [0.15, 0.2) is 66.7 Å². The molecular formula is C35H38O6. The van der Waals surface area contributed by atoms with Crippen LogP contribution < -0.4 is 4.74 Å². The fourth-order valence-electron chi connectivity index (χ4n) is 7.00. The summed E-state index contributed by atoms with van der Waals surface area (Å²) in [7, 11) is 1.50. The second kappa shape index (κ2) is 12.3. The maximum Gasteiger partial charge on any atom is 0.160 e. The van der Waals surface area contributed by atoms with E-state index in [0.29, 0.717) is 18.6 Å². The first kappa shape index (κ1) is 28.6. The van der Waals surface area contributed by atoms with E-state index >= 15 is 0 Å². The van der Waals surface area contributed by atoms with Gasteiger partial charge in [0.05, 0.1) is 13.2 Å². The Balaban J connectivity index is 1.56. The number of Topliss-reactive ketones (excluding diaryl/α,β-unsaturated/α-hetero) is 1. The van der Waals surface area contributed by atoms with Gasteiger partial charge in [0.15, 0.2) is 23.0 Å². The third-order valence-electron chi connectivity index (χ3n) is 9.13. The molecule has 3 aromatic carbocycles. The molecule has 2 aliphatic carbocycles. The van der Waals surface area contributed by atoms with Crippen LogP contribution in [0, 0.1) is 23.7 Å². The zero-order valence-corrected chi connectivity index (χ0v) is 23.4. The van der Waals surface area contributed by atoms with Crippen molar-refractivity contribution in [3.05, 3.63) is 83.4 Å². The number of ketones is 1.